The number of nitrogens with zero attached hydrogens (tertiary/aromatic N) is 2. The lowest BCUT2D eigenvalue weighted by atomic mass is 10.1. The second-order valence-corrected chi connectivity index (χ2v) is 4.53. The summed E-state index contributed by atoms with van der Waals surface area (Å²) in [5.41, 5.74) is 3.10. The fraction of sp³-hybridized carbons (Fsp3) is 0.118. The molecule has 0 aliphatic heterocycles. The van der Waals surface area contributed by atoms with Gasteiger partial charge in [-0.25, -0.2) is 0 Å². The number of benzene rings is 2. The Hall–Kier alpha value is -2.53. The van der Waals surface area contributed by atoms with Crippen molar-refractivity contribution in [2.75, 3.05) is 0 Å². The average Bonchev–Trinajstić information content (AvgIpc) is 2.87. The van der Waals surface area contributed by atoms with Gasteiger partial charge < -0.3 is 4.57 Å². The Morgan fingerprint density at radius 2 is 1.74 bits per heavy atom. The van der Waals surface area contributed by atoms with E-state index in [1.165, 1.54) is 0 Å². The molecule has 1 atom stereocenters. The molecule has 2 nitrogen and oxygen atoms in total. The van der Waals surface area contributed by atoms with E-state index < -0.39 is 0 Å². The minimum Gasteiger partial charge on any atom is -0.323 e. The molecule has 3 aromatic rings. The molecule has 91 valence electrons. The van der Waals surface area contributed by atoms with Crippen molar-refractivity contribution in [3.8, 4) is 17.3 Å². The molecular weight excluding hydrogens is 232 g/mol. The molecule has 0 fully saturated rings. The zero-order valence-electron chi connectivity index (χ0n) is 10.7. The van der Waals surface area contributed by atoms with Gasteiger partial charge in [-0.1, -0.05) is 48.5 Å². The van der Waals surface area contributed by atoms with Crippen LogP contribution in [0.15, 0.2) is 54.6 Å². The molecule has 0 amide bonds. The Bertz CT molecular complexity index is 748. The predicted molar refractivity (Wildman–Crippen MR) is 76.5 cm³/mol. The predicted octanol–water partition coefficient (Wildman–Crippen LogP) is 4.19. The zero-order chi connectivity index (χ0) is 13.2. The fourth-order valence-corrected chi connectivity index (χ4v) is 2.36. The van der Waals surface area contributed by atoms with Crippen LogP contribution in [0.1, 0.15) is 13.0 Å². The Kier molecular flexibility index (Phi) is 2.81. The first kappa shape index (κ1) is 11.6. The Morgan fingerprint density at radius 3 is 2.47 bits per heavy atom. The van der Waals surface area contributed by atoms with Crippen molar-refractivity contribution in [2.45, 2.75) is 13.0 Å². The summed E-state index contributed by atoms with van der Waals surface area (Å²) in [7, 11) is 0. The van der Waals surface area contributed by atoms with E-state index in [0.717, 1.165) is 22.2 Å². The highest BCUT2D eigenvalue weighted by Gasteiger charge is 2.14. The van der Waals surface area contributed by atoms with Gasteiger partial charge in [0.15, 0.2) is 0 Å². The molecule has 0 saturated heterocycles. The van der Waals surface area contributed by atoms with Crippen molar-refractivity contribution in [1.29, 1.82) is 5.26 Å². The molecule has 0 spiro atoms. The third-order valence-corrected chi connectivity index (χ3v) is 3.28. The first-order chi connectivity index (χ1) is 9.31. The van der Waals surface area contributed by atoms with Gasteiger partial charge in [0.25, 0.3) is 0 Å². The van der Waals surface area contributed by atoms with Crippen molar-refractivity contribution in [1.82, 2.24) is 4.57 Å². The Morgan fingerprint density at radius 1 is 1.05 bits per heavy atom. The van der Waals surface area contributed by atoms with Gasteiger partial charge in [0, 0.05) is 11.5 Å². The van der Waals surface area contributed by atoms with Gasteiger partial charge in [0.1, 0.15) is 6.04 Å². The molecule has 0 aliphatic carbocycles. The fourth-order valence-electron chi connectivity index (χ4n) is 2.36. The maximum absolute atomic E-state index is 9.25. The molecule has 0 saturated carbocycles. The van der Waals surface area contributed by atoms with Gasteiger partial charge in [-0.3, -0.25) is 0 Å². The number of para-hydroxylation sites is 1. The number of rotatable bonds is 2. The van der Waals surface area contributed by atoms with Crippen molar-refractivity contribution >= 4 is 10.9 Å². The van der Waals surface area contributed by atoms with Crippen LogP contribution >= 0.6 is 0 Å². The van der Waals surface area contributed by atoms with Gasteiger partial charge in [-0.15, -0.1) is 0 Å². The van der Waals surface area contributed by atoms with E-state index in [-0.39, 0.29) is 6.04 Å². The third kappa shape index (κ3) is 1.90. The maximum atomic E-state index is 9.25. The molecule has 19 heavy (non-hydrogen) atoms. The minimum atomic E-state index is -0.216. The lowest BCUT2D eigenvalue weighted by Crippen LogP contribution is -2.04. The zero-order valence-corrected chi connectivity index (χ0v) is 10.7. The molecule has 2 heteroatoms. The molecular formula is C17H13N2. The summed E-state index contributed by atoms with van der Waals surface area (Å²) >= 11 is 0. The second-order valence-electron chi connectivity index (χ2n) is 4.53. The standard InChI is InChI=1S/C17H13N2/c1-13(12-18)19-16-10-6-5-9-15(16)11-17(19)14-7-3-2-4-8-14/h2-10,13H,1H3. The molecule has 1 aromatic heterocycles. The van der Waals surface area contributed by atoms with Crippen LogP contribution in [0.3, 0.4) is 0 Å². The number of hydrogen-bond acceptors (Lipinski definition) is 1. The molecule has 1 radical (unpaired) electrons. The lowest BCUT2D eigenvalue weighted by Gasteiger charge is -2.12. The van der Waals surface area contributed by atoms with Crippen molar-refractivity contribution in [3.05, 3.63) is 60.7 Å². The van der Waals surface area contributed by atoms with Crippen molar-refractivity contribution in [3.63, 3.8) is 0 Å². The smallest absolute Gasteiger partial charge is 0.118 e. The third-order valence-electron chi connectivity index (χ3n) is 3.28. The quantitative estimate of drug-likeness (QED) is 0.665. The monoisotopic (exact) mass is 245 g/mol. The highest BCUT2D eigenvalue weighted by molar-refractivity contribution is 5.86. The maximum Gasteiger partial charge on any atom is 0.118 e. The topological polar surface area (TPSA) is 28.7 Å². The van der Waals surface area contributed by atoms with Crippen LogP contribution < -0.4 is 0 Å². The summed E-state index contributed by atoms with van der Waals surface area (Å²) in [4.78, 5) is 0. The number of aromatic nitrogens is 1. The minimum absolute atomic E-state index is 0.216. The molecule has 1 unspecified atom stereocenters. The van der Waals surface area contributed by atoms with Gasteiger partial charge in [-0.2, -0.15) is 5.26 Å². The normalized spacial score (nSPS) is 12.2. The van der Waals surface area contributed by atoms with Crippen LogP contribution in [0.4, 0.5) is 0 Å². The molecule has 0 aliphatic rings. The summed E-state index contributed by atoms with van der Waals surface area (Å²) in [6.45, 7) is 1.91. The van der Waals surface area contributed by atoms with Crippen LogP contribution in [-0.2, 0) is 0 Å². The Balaban J connectivity index is 2.33. The van der Waals surface area contributed by atoms with E-state index in [1.807, 2.05) is 66.1 Å². The molecule has 0 N–H and O–H groups in total. The SMILES string of the molecule is CC(C#N)n1c(-c2ccccc2)[c]c2ccccc21. The van der Waals surface area contributed by atoms with Crippen molar-refractivity contribution in [2.24, 2.45) is 0 Å². The van der Waals surface area contributed by atoms with Gasteiger partial charge in [-0.05, 0) is 18.6 Å². The second kappa shape index (κ2) is 4.62. The molecule has 1 heterocycles. The summed E-state index contributed by atoms with van der Waals surface area (Å²) in [6.07, 6.45) is 0. The number of fused-ring (bicyclic) bond motifs is 1. The summed E-state index contributed by atoms with van der Waals surface area (Å²) in [5, 5.41) is 10.3. The number of hydrogen-bond donors (Lipinski definition) is 0. The lowest BCUT2D eigenvalue weighted by molar-refractivity contribution is 0.707. The van der Waals surface area contributed by atoms with E-state index in [9.17, 15) is 5.26 Å². The van der Waals surface area contributed by atoms with E-state index in [1.54, 1.807) is 0 Å². The average molecular weight is 245 g/mol. The van der Waals surface area contributed by atoms with E-state index >= 15 is 0 Å². The molecule has 0 bridgehead atoms. The highest BCUT2D eigenvalue weighted by atomic mass is 15.0. The Labute approximate surface area is 112 Å². The largest absolute Gasteiger partial charge is 0.323 e. The summed E-state index contributed by atoms with van der Waals surface area (Å²) < 4.78 is 2.05. The van der Waals surface area contributed by atoms with Crippen LogP contribution in [-0.4, -0.2) is 4.57 Å². The number of nitriles is 1. The van der Waals surface area contributed by atoms with Gasteiger partial charge >= 0.3 is 0 Å². The van der Waals surface area contributed by atoms with Crippen molar-refractivity contribution < 1.29 is 0 Å². The summed E-state index contributed by atoms with van der Waals surface area (Å²) in [5.74, 6) is 0. The van der Waals surface area contributed by atoms with Gasteiger partial charge in [0.05, 0.1) is 17.3 Å². The van der Waals surface area contributed by atoms with Crippen LogP contribution in [0, 0.1) is 17.4 Å². The van der Waals surface area contributed by atoms with Crippen LogP contribution in [0.25, 0.3) is 22.2 Å². The van der Waals surface area contributed by atoms with E-state index in [0.29, 0.717) is 0 Å². The van der Waals surface area contributed by atoms with Crippen LogP contribution in [0.2, 0.25) is 0 Å². The summed E-state index contributed by atoms with van der Waals surface area (Å²) in [6, 6.07) is 23.6. The highest BCUT2D eigenvalue weighted by Crippen LogP contribution is 2.30. The van der Waals surface area contributed by atoms with Crippen LogP contribution in [0.5, 0.6) is 0 Å². The molecule has 2 aromatic carbocycles. The molecule has 3 rings (SSSR count). The first-order valence-corrected chi connectivity index (χ1v) is 6.28. The van der Waals surface area contributed by atoms with Gasteiger partial charge in [0.2, 0.25) is 0 Å². The van der Waals surface area contributed by atoms with E-state index in [4.69, 9.17) is 0 Å². The first-order valence-electron chi connectivity index (χ1n) is 6.28. The van der Waals surface area contributed by atoms with E-state index in [2.05, 4.69) is 12.1 Å².